The van der Waals surface area contributed by atoms with Crippen molar-refractivity contribution in [1.29, 1.82) is 0 Å². The highest BCUT2D eigenvalue weighted by Gasteiger charge is 2.43. The Bertz CT molecular complexity index is 351. The van der Waals surface area contributed by atoms with Crippen LogP contribution in [0.2, 0.25) is 0 Å². The molecule has 2 heterocycles. The molecular weight excluding hydrogens is 232 g/mol. The average Bonchev–Trinajstić information content (AvgIpc) is 2.16. The molecule has 0 radical (unpaired) electrons. The van der Waals surface area contributed by atoms with Crippen molar-refractivity contribution in [3.05, 3.63) is 0 Å². The summed E-state index contributed by atoms with van der Waals surface area (Å²) in [7, 11) is -3.64. The van der Waals surface area contributed by atoms with Gasteiger partial charge in [-0.1, -0.05) is 0 Å². The molecule has 2 saturated heterocycles. The van der Waals surface area contributed by atoms with Crippen molar-refractivity contribution < 1.29 is 17.9 Å². The largest absolute Gasteiger partial charge is 0.378 e. The van der Waals surface area contributed by atoms with Crippen LogP contribution in [0.3, 0.4) is 0 Å². The Hall–Kier alpha value is -0.210. The Morgan fingerprint density at radius 1 is 1.50 bits per heavy atom. The zero-order valence-corrected chi connectivity index (χ0v) is 10.2. The minimum atomic E-state index is -3.64. The van der Waals surface area contributed by atoms with Gasteiger partial charge in [-0.25, -0.2) is 5.14 Å². The molecule has 6 nitrogen and oxygen atoms in total. The van der Waals surface area contributed by atoms with E-state index in [1.165, 1.54) is 4.31 Å². The molecule has 16 heavy (non-hydrogen) atoms. The Morgan fingerprint density at radius 2 is 2.25 bits per heavy atom. The molecule has 2 aliphatic heterocycles. The Kier molecular flexibility index (Phi) is 3.24. The van der Waals surface area contributed by atoms with Gasteiger partial charge in [0.25, 0.3) is 10.2 Å². The van der Waals surface area contributed by atoms with E-state index in [4.69, 9.17) is 14.6 Å². The van der Waals surface area contributed by atoms with Gasteiger partial charge in [0.15, 0.2) is 0 Å². The van der Waals surface area contributed by atoms with Crippen LogP contribution in [0.4, 0.5) is 0 Å². The highest BCUT2D eigenvalue weighted by Crippen LogP contribution is 2.30. The smallest absolute Gasteiger partial charge is 0.277 e. The molecule has 0 bridgehead atoms. The van der Waals surface area contributed by atoms with Crippen molar-refractivity contribution in [2.24, 2.45) is 5.14 Å². The molecule has 0 amide bonds. The van der Waals surface area contributed by atoms with Gasteiger partial charge in [0.2, 0.25) is 0 Å². The molecule has 2 atom stereocenters. The van der Waals surface area contributed by atoms with Crippen molar-refractivity contribution >= 4 is 10.2 Å². The summed E-state index contributed by atoms with van der Waals surface area (Å²) >= 11 is 0. The molecule has 2 aliphatic rings. The van der Waals surface area contributed by atoms with Crippen molar-refractivity contribution in [2.45, 2.75) is 31.5 Å². The van der Waals surface area contributed by atoms with Crippen LogP contribution in [0.15, 0.2) is 0 Å². The van der Waals surface area contributed by atoms with Crippen molar-refractivity contribution in [3.8, 4) is 0 Å². The molecule has 1 spiro atoms. The first-order chi connectivity index (χ1) is 7.41. The van der Waals surface area contributed by atoms with Gasteiger partial charge in [0.1, 0.15) is 5.60 Å². The summed E-state index contributed by atoms with van der Waals surface area (Å²) in [5.74, 6) is 0. The first kappa shape index (κ1) is 12.3. The number of hydrogen-bond acceptors (Lipinski definition) is 4. The van der Waals surface area contributed by atoms with Gasteiger partial charge in [-0.3, -0.25) is 0 Å². The third-order valence-electron chi connectivity index (χ3n) is 3.02. The van der Waals surface area contributed by atoms with Gasteiger partial charge >= 0.3 is 0 Å². The first-order valence-corrected chi connectivity index (χ1v) is 6.95. The van der Waals surface area contributed by atoms with E-state index < -0.39 is 15.8 Å². The molecule has 0 unspecified atom stereocenters. The van der Waals surface area contributed by atoms with Crippen molar-refractivity contribution in [2.75, 3.05) is 26.3 Å². The van der Waals surface area contributed by atoms with Crippen LogP contribution in [0, 0.1) is 0 Å². The van der Waals surface area contributed by atoms with Crippen LogP contribution in [0.1, 0.15) is 19.8 Å². The van der Waals surface area contributed by atoms with E-state index >= 15 is 0 Å². The molecule has 0 aliphatic carbocycles. The number of morpholine rings is 1. The van der Waals surface area contributed by atoms with E-state index in [2.05, 4.69) is 0 Å². The lowest BCUT2D eigenvalue weighted by Crippen LogP contribution is -2.60. The summed E-state index contributed by atoms with van der Waals surface area (Å²) in [6.07, 6.45) is 1.57. The molecule has 0 aromatic rings. The second-order valence-electron chi connectivity index (χ2n) is 4.61. The molecule has 0 aromatic carbocycles. The van der Waals surface area contributed by atoms with Gasteiger partial charge in [-0.2, -0.15) is 12.7 Å². The van der Waals surface area contributed by atoms with E-state index in [1.807, 2.05) is 6.92 Å². The topological polar surface area (TPSA) is 81.9 Å². The first-order valence-electron chi connectivity index (χ1n) is 5.45. The number of hydrogen-bond donors (Lipinski definition) is 1. The van der Waals surface area contributed by atoms with E-state index in [0.29, 0.717) is 19.7 Å². The second-order valence-corrected chi connectivity index (χ2v) is 6.15. The van der Waals surface area contributed by atoms with Gasteiger partial charge < -0.3 is 9.47 Å². The minimum Gasteiger partial charge on any atom is -0.378 e. The van der Waals surface area contributed by atoms with Crippen molar-refractivity contribution in [1.82, 2.24) is 4.31 Å². The maximum Gasteiger partial charge on any atom is 0.277 e. The fourth-order valence-corrected chi connectivity index (χ4v) is 3.25. The molecule has 2 N–H and O–H groups in total. The zero-order valence-electron chi connectivity index (χ0n) is 9.39. The van der Waals surface area contributed by atoms with Crippen molar-refractivity contribution in [3.63, 3.8) is 0 Å². The lowest BCUT2D eigenvalue weighted by molar-refractivity contribution is -0.183. The number of rotatable bonds is 1. The van der Waals surface area contributed by atoms with Crippen LogP contribution in [0.25, 0.3) is 0 Å². The lowest BCUT2D eigenvalue weighted by atomic mass is 9.94. The molecular formula is C9H18N2O4S. The number of nitrogens with two attached hydrogens (primary N) is 1. The van der Waals surface area contributed by atoms with Gasteiger partial charge in [0.05, 0.1) is 12.7 Å². The van der Waals surface area contributed by atoms with Crippen LogP contribution < -0.4 is 5.14 Å². The van der Waals surface area contributed by atoms with E-state index in [-0.39, 0.29) is 6.10 Å². The van der Waals surface area contributed by atoms with Gasteiger partial charge in [-0.15, -0.1) is 0 Å². The average molecular weight is 250 g/mol. The third-order valence-corrected chi connectivity index (χ3v) is 4.02. The lowest BCUT2D eigenvalue weighted by Gasteiger charge is -2.46. The summed E-state index contributed by atoms with van der Waals surface area (Å²) < 4.78 is 35.3. The fraction of sp³-hybridized carbons (Fsp3) is 1.00. The maximum absolute atomic E-state index is 11.4. The van der Waals surface area contributed by atoms with E-state index in [0.717, 1.165) is 19.4 Å². The SMILES string of the molecule is C[C@@H]1CN(S(N)(=O)=O)C[C@]2(CCCOC2)O1. The van der Waals surface area contributed by atoms with Crippen LogP contribution >= 0.6 is 0 Å². The molecule has 2 fully saturated rings. The summed E-state index contributed by atoms with van der Waals surface area (Å²) in [4.78, 5) is 0. The Labute approximate surface area is 95.9 Å². The van der Waals surface area contributed by atoms with Crippen LogP contribution in [-0.2, 0) is 19.7 Å². The van der Waals surface area contributed by atoms with Crippen LogP contribution in [-0.4, -0.2) is 50.7 Å². The Balaban J connectivity index is 2.16. The molecule has 0 saturated carbocycles. The van der Waals surface area contributed by atoms with E-state index in [1.54, 1.807) is 0 Å². The zero-order chi connectivity index (χ0) is 11.8. The standard InChI is InChI=1S/C9H18N2O4S/c1-8-5-11(16(10,12)13)6-9(15-8)3-2-4-14-7-9/h8H,2-7H2,1H3,(H2,10,12,13)/t8-,9+/m1/s1. The minimum absolute atomic E-state index is 0.145. The summed E-state index contributed by atoms with van der Waals surface area (Å²) in [5, 5.41) is 5.16. The van der Waals surface area contributed by atoms with Crippen LogP contribution in [0.5, 0.6) is 0 Å². The monoisotopic (exact) mass is 250 g/mol. The number of nitrogens with zero attached hydrogens (tertiary/aromatic N) is 1. The normalized spacial score (nSPS) is 37.8. The number of ether oxygens (including phenoxy) is 2. The predicted molar refractivity (Wildman–Crippen MR) is 58.0 cm³/mol. The third kappa shape index (κ3) is 2.54. The molecule has 0 aromatic heterocycles. The predicted octanol–water partition coefficient (Wildman–Crippen LogP) is -0.540. The molecule has 7 heteroatoms. The highest BCUT2D eigenvalue weighted by molar-refractivity contribution is 7.86. The maximum atomic E-state index is 11.4. The van der Waals surface area contributed by atoms with E-state index in [9.17, 15) is 8.42 Å². The summed E-state index contributed by atoms with van der Waals surface area (Å²) in [6.45, 7) is 3.64. The van der Waals surface area contributed by atoms with Gasteiger partial charge in [0, 0.05) is 19.7 Å². The fourth-order valence-electron chi connectivity index (χ4n) is 2.41. The molecule has 94 valence electrons. The highest BCUT2D eigenvalue weighted by atomic mass is 32.2. The molecule has 2 rings (SSSR count). The van der Waals surface area contributed by atoms with Gasteiger partial charge in [-0.05, 0) is 19.8 Å². The Morgan fingerprint density at radius 3 is 2.81 bits per heavy atom. The quantitative estimate of drug-likeness (QED) is 0.677. The summed E-state index contributed by atoms with van der Waals surface area (Å²) in [5.41, 5.74) is -0.498. The summed E-state index contributed by atoms with van der Waals surface area (Å²) in [6, 6.07) is 0. The second kappa shape index (κ2) is 4.23.